The second-order valence-corrected chi connectivity index (χ2v) is 6.92. The first-order chi connectivity index (χ1) is 9.19. The summed E-state index contributed by atoms with van der Waals surface area (Å²) >= 11 is 11.8. The van der Waals surface area contributed by atoms with E-state index in [9.17, 15) is 4.79 Å². The van der Waals surface area contributed by atoms with Gasteiger partial charge < -0.3 is 10.2 Å². The van der Waals surface area contributed by atoms with Crippen LogP contribution in [-0.4, -0.2) is 38.0 Å². The summed E-state index contributed by atoms with van der Waals surface area (Å²) in [4.78, 5) is 14.1. The highest BCUT2D eigenvalue weighted by molar-refractivity contribution is 6.42. The Morgan fingerprint density at radius 3 is 2.45 bits per heavy atom. The van der Waals surface area contributed by atoms with E-state index in [-0.39, 0.29) is 11.3 Å². The third-order valence-corrected chi connectivity index (χ3v) is 3.60. The van der Waals surface area contributed by atoms with E-state index in [1.807, 2.05) is 20.2 Å². The fourth-order valence-electron chi connectivity index (χ4n) is 2.15. The Bertz CT molecular complexity index is 473. The third kappa shape index (κ3) is 6.12. The number of nitrogens with one attached hydrogen (secondary N) is 1. The highest BCUT2D eigenvalue weighted by atomic mass is 35.5. The van der Waals surface area contributed by atoms with Gasteiger partial charge in [0.2, 0.25) is 5.91 Å². The zero-order chi connectivity index (χ0) is 15.3. The molecule has 0 aliphatic carbocycles. The summed E-state index contributed by atoms with van der Waals surface area (Å²) in [5.41, 5.74) is 0.902. The van der Waals surface area contributed by atoms with Crippen LogP contribution in [0.1, 0.15) is 19.4 Å². The molecular formula is C15H22Cl2N2O. The van der Waals surface area contributed by atoms with Gasteiger partial charge in [-0.1, -0.05) is 43.1 Å². The van der Waals surface area contributed by atoms with Crippen molar-refractivity contribution in [2.75, 3.05) is 27.2 Å². The molecule has 0 atom stereocenters. The van der Waals surface area contributed by atoms with Crippen molar-refractivity contribution in [3.05, 3.63) is 33.8 Å². The molecule has 1 N–H and O–H groups in total. The Morgan fingerprint density at radius 2 is 1.90 bits per heavy atom. The van der Waals surface area contributed by atoms with Gasteiger partial charge in [-0.05, 0) is 37.2 Å². The van der Waals surface area contributed by atoms with Crippen LogP contribution in [-0.2, 0) is 11.2 Å². The number of halogens is 2. The second kappa shape index (κ2) is 7.30. The molecule has 3 nitrogen and oxygen atoms in total. The van der Waals surface area contributed by atoms with E-state index in [0.717, 1.165) is 12.1 Å². The van der Waals surface area contributed by atoms with Gasteiger partial charge in [-0.25, -0.2) is 0 Å². The van der Waals surface area contributed by atoms with E-state index < -0.39 is 0 Å². The zero-order valence-electron chi connectivity index (χ0n) is 12.5. The van der Waals surface area contributed by atoms with Crippen molar-refractivity contribution in [2.24, 2.45) is 5.41 Å². The van der Waals surface area contributed by atoms with Gasteiger partial charge in [0.1, 0.15) is 0 Å². The average molecular weight is 317 g/mol. The smallest absolute Gasteiger partial charge is 0.224 e. The summed E-state index contributed by atoms with van der Waals surface area (Å²) in [6.07, 6.45) is 0.314. The first-order valence-corrected chi connectivity index (χ1v) is 7.30. The van der Waals surface area contributed by atoms with Crippen LogP contribution in [0.3, 0.4) is 0 Å². The lowest BCUT2D eigenvalue weighted by molar-refractivity contribution is -0.120. The summed E-state index contributed by atoms with van der Waals surface area (Å²) in [5, 5.41) is 3.95. The highest BCUT2D eigenvalue weighted by Crippen LogP contribution is 2.22. The number of carbonyl (C=O) groups excluding carboxylic acids is 1. The van der Waals surface area contributed by atoms with Gasteiger partial charge in [-0.15, -0.1) is 0 Å². The van der Waals surface area contributed by atoms with Crippen LogP contribution in [0.15, 0.2) is 18.2 Å². The predicted octanol–water partition coefficient (Wildman–Crippen LogP) is 3.24. The Labute approximate surface area is 131 Å². The molecule has 0 unspecified atom stereocenters. The minimum absolute atomic E-state index is 0.00443. The molecule has 0 aliphatic heterocycles. The van der Waals surface area contributed by atoms with Crippen molar-refractivity contribution in [3.8, 4) is 0 Å². The highest BCUT2D eigenvalue weighted by Gasteiger charge is 2.19. The lowest BCUT2D eigenvalue weighted by atomic mass is 9.93. The number of hydrogen-bond acceptors (Lipinski definition) is 2. The largest absolute Gasteiger partial charge is 0.355 e. The van der Waals surface area contributed by atoms with Crippen LogP contribution >= 0.6 is 23.2 Å². The maximum atomic E-state index is 11.9. The number of amides is 1. The average Bonchev–Trinajstić information content (AvgIpc) is 2.30. The van der Waals surface area contributed by atoms with Crippen LogP contribution in [0.25, 0.3) is 0 Å². The van der Waals surface area contributed by atoms with Crippen molar-refractivity contribution in [1.29, 1.82) is 0 Å². The van der Waals surface area contributed by atoms with Gasteiger partial charge in [0.25, 0.3) is 0 Å². The van der Waals surface area contributed by atoms with Crippen molar-refractivity contribution in [2.45, 2.75) is 20.3 Å². The summed E-state index contributed by atoms with van der Waals surface area (Å²) in [7, 11) is 4.05. The van der Waals surface area contributed by atoms with Gasteiger partial charge >= 0.3 is 0 Å². The third-order valence-electron chi connectivity index (χ3n) is 2.86. The van der Waals surface area contributed by atoms with Crippen LogP contribution in [0, 0.1) is 5.41 Å². The normalized spacial score (nSPS) is 11.8. The van der Waals surface area contributed by atoms with E-state index in [1.165, 1.54) is 0 Å². The number of carbonyl (C=O) groups is 1. The lowest BCUT2D eigenvalue weighted by Crippen LogP contribution is -2.40. The minimum Gasteiger partial charge on any atom is -0.355 e. The van der Waals surface area contributed by atoms with Gasteiger partial charge in [0, 0.05) is 13.1 Å². The summed E-state index contributed by atoms with van der Waals surface area (Å²) in [5.74, 6) is -0.00443. The van der Waals surface area contributed by atoms with E-state index in [2.05, 4.69) is 24.1 Å². The first-order valence-electron chi connectivity index (χ1n) is 6.55. The molecule has 0 bridgehead atoms. The van der Waals surface area contributed by atoms with Crippen molar-refractivity contribution in [3.63, 3.8) is 0 Å². The Balaban J connectivity index is 2.49. The second-order valence-electron chi connectivity index (χ2n) is 6.10. The van der Waals surface area contributed by atoms with Gasteiger partial charge in [0.05, 0.1) is 16.5 Å². The monoisotopic (exact) mass is 316 g/mol. The molecule has 1 aromatic carbocycles. The van der Waals surface area contributed by atoms with E-state index in [0.29, 0.717) is 23.0 Å². The zero-order valence-corrected chi connectivity index (χ0v) is 14.0. The molecule has 20 heavy (non-hydrogen) atoms. The fraction of sp³-hybridized carbons (Fsp3) is 0.533. The van der Waals surface area contributed by atoms with Crippen molar-refractivity contribution < 1.29 is 4.79 Å². The van der Waals surface area contributed by atoms with Crippen molar-refractivity contribution >= 4 is 29.1 Å². The standard InChI is InChI=1S/C15H22Cl2N2O/c1-15(2,10-19(3)4)9-18-14(20)8-11-5-6-12(16)13(17)7-11/h5-7H,8-10H2,1-4H3,(H,18,20). The van der Waals surface area contributed by atoms with Gasteiger partial charge in [-0.2, -0.15) is 0 Å². The molecule has 0 spiro atoms. The molecule has 0 aromatic heterocycles. The molecule has 112 valence electrons. The fourth-order valence-corrected chi connectivity index (χ4v) is 2.47. The molecule has 0 saturated heterocycles. The quantitative estimate of drug-likeness (QED) is 0.873. The molecule has 0 aliphatic rings. The summed E-state index contributed by atoms with van der Waals surface area (Å²) in [6.45, 7) is 5.82. The van der Waals surface area contributed by atoms with Crippen molar-refractivity contribution in [1.82, 2.24) is 10.2 Å². The molecular weight excluding hydrogens is 295 g/mol. The molecule has 0 saturated carbocycles. The Hall–Kier alpha value is -0.770. The minimum atomic E-state index is -0.00443. The van der Waals surface area contributed by atoms with Gasteiger partial charge in [-0.3, -0.25) is 4.79 Å². The van der Waals surface area contributed by atoms with Crippen LogP contribution in [0.2, 0.25) is 10.0 Å². The van der Waals surface area contributed by atoms with E-state index in [4.69, 9.17) is 23.2 Å². The number of nitrogens with zero attached hydrogens (tertiary/aromatic N) is 1. The topological polar surface area (TPSA) is 32.3 Å². The molecule has 1 amide bonds. The van der Waals surface area contributed by atoms with Crippen LogP contribution in [0.4, 0.5) is 0 Å². The maximum absolute atomic E-state index is 11.9. The Kier molecular flexibility index (Phi) is 6.31. The maximum Gasteiger partial charge on any atom is 0.224 e. The Morgan fingerprint density at radius 1 is 1.25 bits per heavy atom. The SMILES string of the molecule is CN(C)CC(C)(C)CNC(=O)Cc1ccc(Cl)c(Cl)c1. The summed E-state index contributed by atoms with van der Waals surface area (Å²) in [6, 6.07) is 5.26. The van der Waals surface area contributed by atoms with E-state index >= 15 is 0 Å². The summed E-state index contributed by atoms with van der Waals surface area (Å²) < 4.78 is 0. The molecule has 0 heterocycles. The molecule has 1 rings (SSSR count). The van der Waals surface area contributed by atoms with Gasteiger partial charge in [0.15, 0.2) is 0 Å². The van der Waals surface area contributed by atoms with E-state index in [1.54, 1.807) is 12.1 Å². The first kappa shape index (κ1) is 17.3. The number of benzene rings is 1. The lowest BCUT2D eigenvalue weighted by Gasteiger charge is -2.28. The predicted molar refractivity (Wildman–Crippen MR) is 85.5 cm³/mol. The molecule has 5 heteroatoms. The van der Waals surface area contributed by atoms with Crippen LogP contribution < -0.4 is 5.32 Å². The number of rotatable bonds is 6. The molecule has 0 radical (unpaired) electrons. The molecule has 0 fully saturated rings. The molecule has 1 aromatic rings. The number of hydrogen-bond donors (Lipinski definition) is 1. The van der Waals surface area contributed by atoms with Crippen LogP contribution in [0.5, 0.6) is 0 Å².